The highest BCUT2D eigenvalue weighted by molar-refractivity contribution is 5.81. The molecule has 0 heterocycles. The molecular formula is C66H60N2. The van der Waals surface area contributed by atoms with Gasteiger partial charge in [0, 0.05) is 46.0 Å². The minimum absolute atomic E-state index is 0.353. The number of rotatable bonds is 12. The van der Waals surface area contributed by atoms with Crippen LogP contribution < -0.4 is 9.80 Å². The van der Waals surface area contributed by atoms with Gasteiger partial charge in [0.1, 0.15) is 0 Å². The first kappa shape index (κ1) is 43.2. The maximum absolute atomic E-state index is 2.54. The van der Waals surface area contributed by atoms with Crippen LogP contribution in [0, 0.1) is 0 Å². The molecular weight excluding hydrogens is 821 g/mol. The molecule has 2 nitrogen and oxygen atoms in total. The molecule has 0 saturated heterocycles. The number of benzene rings is 5. The Bertz CT molecular complexity index is 3020. The number of anilines is 4. The highest BCUT2D eigenvalue weighted by atomic mass is 15.2. The topological polar surface area (TPSA) is 6.48 Å². The van der Waals surface area contributed by atoms with Crippen molar-refractivity contribution in [3.63, 3.8) is 0 Å². The average Bonchev–Trinajstić information content (AvgIpc) is 3.43. The van der Waals surface area contributed by atoms with Crippen molar-refractivity contribution in [2.45, 2.75) is 76.0 Å². The number of hydrogen-bond acceptors (Lipinski definition) is 2. The highest BCUT2D eigenvalue weighted by Crippen LogP contribution is 2.43. The normalized spacial score (nSPS) is 19.6. The first-order valence-corrected chi connectivity index (χ1v) is 25.0. The molecule has 5 aromatic rings. The Balaban J connectivity index is 0.928. The van der Waals surface area contributed by atoms with Gasteiger partial charge in [-0.05, 0) is 181 Å². The third kappa shape index (κ3) is 9.55. The maximum atomic E-state index is 2.54. The van der Waals surface area contributed by atoms with Crippen LogP contribution in [-0.2, 0) is 0 Å². The summed E-state index contributed by atoms with van der Waals surface area (Å²) in [5, 5.41) is 0. The zero-order valence-corrected chi connectivity index (χ0v) is 39.1. The Morgan fingerprint density at radius 1 is 0.368 bits per heavy atom. The fraction of sp³-hybridized carbons (Fsp3) is 0.182. The van der Waals surface area contributed by atoms with Crippen molar-refractivity contribution in [3.05, 3.63) is 275 Å². The van der Waals surface area contributed by atoms with E-state index in [1.54, 1.807) is 0 Å². The van der Waals surface area contributed by atoms with Crippen molar-refractivity contribution in [1.82, 2.24) is 0 Å². The van der Waals surface area contributed by atoms with Crippen LogP contribution in [0.4, 0.5) is 22.7 Å². The van der Waals surface area contributed by atoms with Gasteiger partial charge in [0.25, 0.3) is 0 Å². The molecule has 0 aromatic heterocycles. The molecule has 2 atom stereocenters. The van der Waals surface area contributed by atoms with Crippen molar-refractivity contribution in [2.75, 3.05) is 9.80 Å². The molecule has 0 spiro atoms. The summed E-state index contributed by atoms with van der Waals surface area (Å²) < 4.78 is 0. The van der Waals surface area contributed by atoms with Gasteiger partial charge in [-0.1, -0.05) is 170 Å². The van der Waals surface area contributed by atoms with E-state index in [0.717, 1.165) is 64.2 Å². The fourth-order valence-corrected chi connectivity index (χ4v) is 10.7. The van der Waals surface area contributed by atoms with E-state index in [1.165, 1.54) is 89.8 Å². The summed E-state index contributed by atoms with van der Waals surface area (Å²) >= 11 is 0. The second-order valence-electron chi connectivity index (χ2n) is 18.8. The van der Waals surface area contributed by atoms with Crippen molar-refractivity contribution < 1.29 is 0 Å². The molecule has 0 radical (unpaired) electrons. The molecule has 0 bridgehead atoms. The van der Waals surface area contributed by atoms with Crippen LogP contribution in [0.1, 0.15) is 109 Å². The summed E-state index contributed by atoms with van der Waals surface area (Å²) in [6, 6.07) is 46.1. The molecule has 0 N–H and O–H groups in total. The second kappa shape index (κ2) is 20.2. The van der Waals surface area contributed by atoms with Crippen molar-refractivity contribution in [2.24, 2.45) is 0 Å². The van der Waals surface area contributed by atoms with E-state index in [-0.39, 0.29) is 0 Å². The lowest BCUT2D eigenvalue weighted by atomic mass is 9.87. The molecule has 6 aliphatic rings. The Morgan fingerprint density at radius 3 is 1.51 bits per heavy atom. The lowest BCUT2D eigenvalue weighted by Crippen LogP contribution is -2.19. The number of hydrogen-bond donors (Lipinski definition) is 0. The summed E-state index contributed by atoms with van der Waals surface area (Å²) in [7, 11) is 0. The molecule has 11 rings (SSSR count). The third-order valence-electron chi connectivity index (χ3n) is 14.5. The number of nitrogens with zero attached hydrogens (tertiary/aromatic N) is 2. The molecule has 68 heavy (non-hydrogen) atoms. The molecule has 0 amide bonds. The predicted molar refractivity (Wildman–Crippen MR) is 291 cm³/mol. The Morgan fingerprint density at radius 2 is 0.956 bits per heavy atom. The van der Waals surface area contributed by atoms with E-state index >= 15 is 0 Å². The van der Waals surface area contributed by atoms with Crippen molar-refractivity contribution >= 4 is 45.0 Å². The molecule has 334 valence electrons. The molecule has 6 aliphatic carbocycles. The van der Waals surface area contributed by atoms with Crippen molar-refractivity contribution in [1.29, 1.82) is 0 Å². The second-order valence-corrected chi connectivity index (χ2v) is 18.8. The van der Waals surface area contributed by atoms with E-state index in [9.17, 15) is 0 Å². The summed E-state index contributed by atoms with van der Waals surface area (Å²) in [5.41, 5.74) is 20.9. The summed E-state index contributed by atoms with van der Waals surface area (Å²) in [4.78, 5) is 5.02. The van der Waals surface area contributed by atoms with Crippen LogP contribution in [0.3, 0.4) is 0 Å². The standard InChI is InChI=1S/C66H60N2/c1-6-16-49(17-7-1)54-26-36-61(37-27-54)67(62-38-28-55(29-39-62)50-18-8-2-9-19-50)63-40-32-57(33-41-63)58-34-44-65(45-35-58)68(64-42-30-56(31-43-64)51-20-10-3-11-21-51)66-47-59(52-22-12-4-13-23-52)46-60(48-66)53-24-14-5-15-25-53/h1,3-8,10-14,16,18-22,24,26-30,32,34-40,42,44-49,52H,2,9,15,17,23,25,31,33,41,43H2. The van der Waals surface area contributed by atoms with Gasteiger partial charge in [0.15, 0.2) is 0 Å². The van der Waals surface area contributed by atoms with Gasteiger partial charge in [-0.25, -0.2) is 0 Å². The Kier molecular flexibility index (Phi) is 12.8. The van der Waals surface area contributed by atoms with E-state index in [1.807, 2.05) is 0 Å². The van der Waals surface area contributed by atoms with E-state index < -0.39 is 0 Å². The van der Waals surface area contributed by atoms with Crippen LogP contribution >= 0.6 is 0 Å². The van der Waals surface area contributed by atoms with Gasteiger partial charge in [-0.3, -0.25) is 0 Å². The largest absolute Gasteiger partial charge is 0.314 e. The zero-order chi connectivity index (χ0) is 45.5. The molecule has 0 aliphatic heterocycles. The lowest BCUT2D eigenvalue weighted by Gasteiger charge is -2.32. The van der Waals surface area contributed by atoms with Gasteiger partial charge in [-0.2, -0.15) is 0 Å². The molecule has 2 unspecified atom stereocenters. The molecule has 0 saturated carbocycles. The zero-order valence-electron chi connectivity index (χ0n) is 39.1. The smallest absolute Gasteiger partial charge is 0.0467 e. The van der Waals surface area contributed by atoms with Crippen LogP contribution in [-0.4, -0.2) is 0 Å². The molecule has 5 aromatic carbocycles. The van der Waals surface area contributed by atoms with Gasteiger partial charge >= 0.3 is 0 Å². The first-order chi connectivity index (χ1) is 33.7. The Labute approximate surface area is 404 Å². The Hall–Kier alpha value is -7.42. The SMILES string of the molecule is C1=CCCC(c2cc(C3C=CC=CC3)cc(N(C3=CC=C(c4ccccc4)CC3)c3ccc(C4=CC=C(N(c5ccc(C6=CCCC=C6)cc5)c5ccc(C6C=CC=CC6)cc5)CC4)cc3)c2)=C1. The van der Waals surface area contributed by atoms with Gasteiger partial charge in [0.05, 0.1) is 0 Å². The van der Waals surface area contributed by atoms with Crippen LogP contribution in [0.2, 0.25) is 0 Å². The van der Waals surface area contributed by atoms with Crippen LogP contribution in [0.5, 0.6) is 0 Å². The van der Waals surface area contributed by atoms with Crippen LogP contribution in [0.25, 0.3) is 22.3 Å². The van der Waals surface area contributed by atoms with E-state index in [4.69, 9.17) is 0 Å². The average molecular weight is 881 g/mol. The fourth-order valence-electron chi connectivity index (χ4n) is 10.7. The van der Waals surface area contributed by atoms with Crippen LogP contribution in [0.15, 0.2) is 242 Å². The van der Waals surface area contributed by atoms with E-state index in [2.05, 4.69) is 240 Å². The highest BCUT2D eigenvalue weighted by Gasteiger charge is 2.24. The number of allylic oxidation sites excluding steroid dienone is 24. The predicted octanol–water partition coefficient (Wildman–Crippen LogP) is 18.2. The third-order valence-corrected chi connectivity index (χ3v) is 14.5. The molecule has 2 heteroatoms. The first-order valence-electron chi connectivity index (χ1n) is 25.0. The monoisotopic (exact) mass is 880 g/mol. The van der Waals surface area contributed by atoms with Crippen molar-refractivity contribution in [3.8, 4) is 0 Å². The minimum atomic E-state index is 0.353. The summed E-state index contributed by atoms with van der Waals surface area (Å²) in [6.45, 7) is 0. The van der Waals surface area contributed by atoms with Gasteiger partial charge < -0.3 is 9.80 Å². The van der Waals surface area contributed by atoms with Gasteiger partial charge in [0.2, 0.25) is 0 Å². The quantitative estimate of drug-likeness (QED) is 0.123. The maximum Gasteiger partial charge on any atom is 0.0467 e. The lowest BCUT2D eigenvalue weighted by molar-refractivity contribution is 0.851. The molecule has 0 fully saturated rings. The summed E-state index contributed by atoms with van der Waals surface area (Å²) in [6.07, 6.45) is 51.5. The minimum Gasteiger partial charge on any atom is -0.314 e. The van der Waals surface area contributed by atoms with Gasteiger partial charge in [-0.15, -0.1) is 0 Å². The summed E-state index contributed by atoms with van der Waals surface area (Å²) in [5.74, 6) is 0.781. The van der Waals surface area contributed by atoms with E-state index in [0.29, 0.717) is 11.8 Å².